The molecular weight excluding hydrogens is 370 g/mol. The molecule has 1 amide bonds. The number of hydrogen-bond donors (Lipinski definition) is 2. The average Bonchev–Trinajstić information content (AvgIpc) is 2.74. The molecule has 0 bridgehead atoms. The van der Waals surface area contributed by atoms with Gasteiger partial charge in [0.2, 0.25) is 5.91 Å². The molecule has 2 N–H and O–H groups in total. The number of fused-ring (bicyclic) bond motifs is 1. The monoisotopic (exact) mass is 395 g/mol. The van der Waals surface area contributed by atoms with Crippen LogP contribution in [-0.4, -0.2) is 17.4 Å². The summed E-state index contributed by atoms with van der Waals surface area (Å²) in [7, 11) is 0. The summed E-state index contributed by atoms with van der Waals surface area (Å²) in [6.45, 7) is 4.19. The fourth-order valence-corrected chi connectivity index (χ4v) is 3.72. The maximum Gasteiger partial charge on any atom is 0.216 e. The van der Waals surface area contributed by atoms with Gasteiger partial charge in [0.25, 0.3) is 0 Å². The third-order valence-corrected chi connectivity index (χ3v) is 5.08. The molecule has 0 spiro atoms. The molecule has 0 saturated heterocycles. The highest BCUT2D eigenvalue weighted by Crippen LogP contribution is 2.30. The van der Waals surface area contributed by atoms with E-state index in [1.54, 1.807) is 6.92 Å². The van der Waals surface area contributed by atoms with Crippen LogP contribution in [-0.2, 0) is 11.2 Å². The number of hydrogen-bond acceptors (Lipinski definition) is 3. The van der Waals surface area contributed by atoms with Crippen molar-refractivity contribution in [1.82, 2.24) is 10.3 Å². The molecule has 4 nitrogen and oxygen atoms in total. The topological polar surface area (TPSA) is 54.0 Å². The second kappa shape index (κ2) is 8.78. The highest BCUT2D eigenvalue weighted by molar-refractivity contribution is 5.93. The Labute approximate surface area is 177 Å². The van der Waals surface area contributed by atoms with Crippen LogP contribution in [0, 0.1) is 6.92 Å². The molecule has 0 atom stereocenters. The zero-order valence-electron chi connectivity index (χ0n) is 17.3. The maximum absolute atomic E-state index is 11.2. The van der Waals surface area contributed by atoms with E-state index < -0.39 is 0 Å². The standard InChI is InChI=1S/C26H25N3O/c1-18-16-26(24-12-5-6-13-25(24)28-18)29-22-10-7-9-21(17-22)23-11-4-3-8-20(23)14-15-27-19(2)30/h3-13,16-17H,14-15H2,1-2H3,(H,27,30)(H,28,29). The SMILES string of the molecule is CC(=O)NCCc1ccccc1-c1cccc(Nc2cc(C)nc3ccccc23)c1. The van der Waals surface area contributed by atoms with Gasteiger partial charge >= 0.3 is 0 Å². The predicted octanol–water partition coefficient (Wildman–Crippen LogP) is 5.63. The van der Waals surface area contributed by atoms with Crippen LogP contribution < -0.4 is 10.6 Å². The van der Waals surface area contributed by atoms with Crippen LogP contribution in [0.2, 0.25) is 0 Å². The predicted molar refractivity (Wildman–Crippen MR) is 124 cm³/mol. The molecule has 1 aromatic heterocycles. The molecule has 3 aromatic carbocycles. The van der Waals surface area contributed by atoms with Gasteiger partial charge in [0.15, 0.2) is 0 Å². The lowest BCUT2D eigenvalue weighted by Gasteiger charge is -2.14. The minimum atomic E-state index is -0.00134. The highest BCUT2D eigenvalue weighted by Gasteiger charge is 2.08. The molecule has 0 fully saturated rings. The van der Waals surface area contributed by atoms with Gasteiger partial charge < -0.3 is 10.6 Å². The van der Waals surface area contributed by atoms with E-state index in [4.69, 9.17) is 0 Å². The zero-order valence-corrected chi connectivity index (χ0v) is 17.3. The van der Waals surface area contributed by atoms with E-state index in [2.05, 4.69) is 70.2 Å². The summed E-state index contributed by atoms with van der Waals surface area (Å²) in [5.74, 6) is -0.00134. The van der Waals surface area contributed by atoms with Crippen molar-refractivity contribution in [2.24, 2.45) is 0 Å². The fourth-order valence-electron chi connectivity index (χ4n) is 3.72. The number of benzene rings is 3. The van der Waals surface area contributed by atoms with Crippen LogP contribution in [0.15, 0.2) is 78.9 Å². The first-order valence-corrected chi connectivity index (χ1v) is 10.2. The van der Waals surface area contributed by atoms with E-state index in [1.165, 1.54) is 11.1 Å². The summed E-state index contributed by atoms with van der Waals surface area (Å²) >= 11 is 0. The van der Waals surface area contributed by atoms with Gasteiger partial charge in [-0.2, -0.15) is 0 Å². The number of aryl methyl sites for hydroxylation is 1. The average molecular weight is 396 g/mol. The van der Waals surface area contributed by atoms with Gasteiger partial charge in [-0.1, -0.05) is 54.6 Å². The van der Waals surface area contributed by atoms with Crippen molar-refractivity contribution in [2.45, 2.75) is 20.3 Å². The number of nitrogens with zero attached hydrogens (tertiary/aromatic N) is 1. The number of carbonyl (C=O) groups is 1. The highest BCUT2D eigenvalue weighted by atomic mass is 16.1. The normalized spacial score (nSPS) is 10.7. The Morgan fingerprint density at radius 2 is 1.73 bits per heavy atom. The first-order valence-electron chi connectivity index (χ1n) is 10.2. The largest absolute Gasteiger partial charge is 0.356 e. The van der Waals surface area contributed by atoms with E-state index in [0.717, 1.165) is 40.0 Å². The second-order valence-corrected chi connectivity index (χ2v) is 7.42. The van der Waals surface area contributed by atoms with Crippen molar-refractivity contribution in [1.29, 1.82) is 0 Å². The van der Waals surface area contributed by atoms with Crippen LogP contribution in [0.3, 0.4) is 0 Å². The second-order valence-electron chi connectivity index (χ2n) is 7.42. The summed E-state index contributed by atoms with van der Waals surface area (Å²) < 4.78 is 0. The molecule has 0 saturated carbocycles. The Bertz CT molecular complexity index is 1200. The third kappa shape index (κ3) is 4.49. The van der Waals surface area contributed by atoms with Gasteiger partial charge in [0, 0.05) is 35.9 Å². The lowest BCUT2D eigenvalue weighted by molar-refractivity contribution is -0.118. The number of aromatic nitrogens is 1. The van der Waals surface area contributed by atoms with E-state index >= 15 is 0 Å². The molecule has 0 aliphatic heterocycles. The third-order valence-electron chi connectivity index (χ3n) is 5.08. The van der Waals surface area contributed by atoms with Gasteiger partial charge in [0.05, 0.1) is 5.52 Å². The van der Waals surface area contributed by atoms with E-state index in [9.17, 15) is 4.79 Å². The zero-order chi connectivity index (χ0) is 20.9. The first kappa shape index (κ1) is 19.6. The number of amides is 1. The minimum Gasteiger partial charge on any atom is -0.356 e. The smallest absolute Gasteiger partial charge is 0.216 e. The lowest BCUT2D eigenvalue weighted by Crippen LogP contribution is -2.22. The maximum atomic E-state index is 11.2. The number of rotatable bonds is 6. The first-order chi connectivity index (χ1) is 14.6. The van der Waals surface area contributed by atoms with E-state index in [1.807, 2.05) is 31.2 Å². The van der Waals surface area contributed by atoms with Crippen LogP contribution >= 0.6 is 0 Å². The fraction of sp³-hybridized carbons (Fsp3) is 0.154. The van der Waals surface area contributed by atoms with Gasteiger partial charge in [-0.3, -0.25) is 9.78 Å². The van der Waals surface area contributed by atoms with Gasteiger partial charge in [-0.25, -0.2) is 0 Å². The number of nitrogens with one attached hydrogen (secondary N) is 2. The van der Waals surface area contributed by atoms with Gasteiger partial charge in [0.1, 0.15) is 0 Å². The molecule has 150 valence electrons. The molecule has 4 heteroatoms. The molecule has 4 aromatic rings. The lowest BCUT2D eigenvalue weighted by atomic mass is 9.97. The van der Waals surface area contributed by atoms with Crippen LogP contribution in [0.25, 0.3) is 22.0 Å². The van der Waals surface area contributed by atoms with E-state index in [0.29, 0.717) is 6.54 Å². The number of pyridine rings is 1. The molecular formula is C26H25N3O. The van der Waals surface area contributed by atoms with Crippen molar-refractivity contribution in [2.75, 3.05) is 11.9 Å². The van der Waals surface area contributed by atoms with Crippen molar-refractivity contribution >= 4 is 28.2 Å². The van der Waals surface area contributed by atoms with Crippen LogP contribution in [0.1, 0.15) is 18.2 Å². The van der Waals surface area contributed by atoms with Crippen molar-refractivity contribution in [3.63, 3.8) is 0 Å². The summed E-state index contributed by atoms with van der Waals surface area (Å²) in [5, 5.41) is 7.56. The molecule has 30 heavy (non-hydrogen) atoms. The Kier molecular flexibility index (Phi) is 5.75. The molecule has 1 heterocycles. The van der Waals surface area contributed by atoms with Gasteiger partial charge in [-0.15, -0.1) is 0 Å². The van der Waals surface area contributed by atoms with Crippen molar-refractivity contribution in [3.8, 4) is 11.1 Å². The quantitative estimate of drug-likeness (QED) is 0.445. The molecule has 0 aliphatic rings. The summed E-state index contributed by atoms with van der Waals surface area (Å²) in [6, 6.07) is 27.0. The van der Waals surface area contributed by atoms with Crippen molar-refractivity contribution in [3.05, 3.63) is 90.1 Å². The van der Waals surface area contributed by atoms with Crippen LogP contribution in [0.5, 0.6) is 0 Å². The Balaban J connectivity index is 1.64. The molecule has 0 unspecified atom stereocenters. The number of para-hydroxylation sites is 1. The summed E-state index contributed by atoms with van der Waals surface area (Å²) in [4.78, 5) is 15.8. The Hall–Kier alpha value is -3.66. The molecule has 4 rings (SSSR count). The number of carbonyl (C=O) groups excluding carboxylic acids is 1. The van der Waals surface area contributed by atoms with Crippen LogP contribution in [0.4, 0.5) is 11.4 Å². The van der Waals surface area contributed by atoms with Gasteiger partial charge in [-0.05, 0) is 54.3 Å². The minimum absolute atomic E-state index is 0.00134. The van der Waals surface area contributed by atoms with Crippen molar-refractivity contribution < 1.29 is 4.79 Å². The molecule has 0 aliphatic carbocycles. The Morgan fingerprint density at radius 3 is 2.60 bits per heavy atom. The number of anilines is 2. The van der Waals surface area contributed by atoms with E-state index in [-0.39, 0.29) is 5.91 Å². The molecule has 0 radical (unpaired) electrons. The summed E-state index contributed by atoms with van der Waals surface area (Å²) in [5.41, 5.74) is 7.59. The summed E-state index contributed by atoms with van der Waals surface area (Å²) in [6.07, 6.45) is 0.793. The Morgan fingerprint density at radius 1 is 0.933 bits per heavy atom.